The molecule has 0 N–H and O–H groups in total. The Morgan fingerprint density at radius 3 is 2.72 bits per heavy atom. The summed E-state index contributed by atoms with van der Waals surface area (Å²) in [6, 6.07) is 19.7. The van der Waals surface area contributed by atoms with Gasteiger partial charge in [-0.2, -0.15) is 0 Å². The van der Waals surface area contributed by atoms with Gasteiger partial charge < -0.3 is 14.5 Å². The molecule has 2 aliphatic rings. The monoisotopic (exact) mass is 447 g/mol. The fraction of sp³-hybridized carbons (Fsp3) is 0.320. The number of pyridine rings is 1. The molecule has 7 heteroatoms. The van der Waals surface area contributed by atoms with E-state index in [1.54, 1.807) is 22.4 Å². The van der Waals surface area contributed by atoms with Crippen LogP contribution in [-0.4, -0.2) is 58.4 Å². The molecule has 2 aromatic heterocycles. The molecule has 2 saturated heterocycles. The Labute approximate surface area is 191 Å². The third kappa shape index (κ3) is 3.94. The molecule has 1 spiro atoms. The predicted molar refractivity (Wildman–Crippen MR) is 122 cm³/mol. The number of hydrogen-bond acceptors (Lipinski definition) is 5. The molecule has 6 nitrogen and oxygen atoms in total. The minimum atomic E-state index is -1.06. The molecular weight excluding hydrogens is 422 g/mol. The van der Waals surface area contributed by atoms with Crippen LogP contribution in [0.4, 0.5) is 0 Å². The van der Waals surface area contributed by atoms with Crippen LogP contribution in [0.3, 0.4) is 0 Å². The Balaban J connectivity index is 1.43. The third-order valence-electron chi connectivity index (χ3n) is 6.30. The lowest BCUT2D eigenvalue weighted by Crippen LogP contribution is -2.59. The maximum atomic E-state index is 13.8. The first kappa shape index (κ1) is 20.8. The first-order valence-corrected chi connectivity index (χ1v) is 11.7. The van der Waals surface area contributed by atoms with Gasteiger partial charge in [0.2, 0.25) is 5.91 Å². The van der Waals surface area contributed by atoms with Crippen LogP contribution in [0.5, 0.6) is 0 Å². The lowest BCUT2D eigenvalue weighted by Gasteiger charge is -2.42. The topological polar surface area (TPSA) is 62.7 Å². The van der Waals surface area contributed by atoms with Crippen molar-refractivity contribution < 1.29 is 14.3 Å². The molecule has 2 atom stereocenters. The molecule has 0 radical (unpaired) electrons. The van der Waals surface area contributed by atoms with Gasteiger partial charge in [0.1, 0.15) is 0 Å². The summed E-state index contributed by atoms with van der Waals surface area (Å²) < 4.78 is 6.29. The largest absolute Gasteiger partial charge is 0.361 e. The first-order chi connectivity index (χ1) is 15.7. The van der Waals surface area contributed by atoms with Gasteiger partial charge in [-0.3, -0.25) is 14.6 Å². The molecule has 3 aromatic rings. The molecule has 2 fully saturated rings. The van der Waals surface area contributed by atoms with Crippen molar-refractivity contribution >= 4 is 23.2 Å². The normalized spacial score (nSPS) is 23.1. The number of hydrogen-bond donors (Lipinski definition) is 0. The number of aromatic nitrogens is 1. The molecule has 164 valence electrons. The van der Waals surface area contributed by atoms with E-state index in [4.69, 9.17) is 4.74 Å². The second kappa shape index (κ2) is 8.84. The number of likely N-dealkylation sites (tertiary alicyclic amines) is 1. The zero-order chi connectivity index (χ0) is 22.0. The van der Waals surface area contributed by atoms with Crippen molar-refractivity contribution in [3.63, 3.8) is 0 Å². The van der Waals surface area contributed by atoms with E-state index < -0.39 is 5.60 Å². The second-order valence-corrected chi connectivity index (χ2v) is 9.31. The number of nitrogens with zero attached hydrogens (tertiary/aromatic N) is 3. The van der Waals surface area contributed by atoms with Crippen LogP contribution in [0.1, 0.15) is 22.1 Å². The molecule has 32 heavy (non-hydrogen) atoms. The molecule has 2 amide bonds. The maximum Gasteiger partial charge on any atom is 0.257 e. The van der Waals surface area contributed by atoms with Crippen LogP contribution in [0.15, 0.2) is 72.2 Å². The van der Waals surface area contributed by atoms with Gasteiger partial charge in [0, 0.05) is 35.8 Å². The van der Waals surface area contributed by atoms with Gasteiger partial charge in [-0.1, -0.05) is 42.5 Å². The molecule has 4 heterocycles. The Kier molecular flexibility index (Phi) is 5.76. The van der Waals surface area contributed by atoms with Gasteiger partial charge in [-0.05, 0) is 29.1 Å². The van der Waals surface area contributed by atoms with Crippen LogP contribution < -0.4 is 0 Å². The first-order valence-electron chi connectivity index (χ1n) is 10.8. The Morgan fingerprint density at radius 2 is 1.97 bits per heavy atom. The second-order valence-electron chi connectivity index (χ2n) is 8.28. The van der Waals surface area contributed by atoms with E-state index in [0.717, 1.165) is 16.1 Å². The minimum absolute atomic E-state index is 0.0253. The standard InChI is InChI=1S/C25H25N3O3S/c29-23(15-20-9-4-5-11-26-20)27-12-13-31-25(18-27)22(19-7-2-1-3-8-19)17-28(24(25)30)16-21-10-6-14-32-21/h1-11,14,22H,12-13,15-18H2/t22-,25+/m1/s1. The number of ether oxygens (including phenoxy) is 1. The number of amides is 2. The van der Waals surface area contributed by atoms with E-state index in [-0.39, 0.29) is 30.7 Å². The van der Waals surface area contributed by atoms with Gasteiger partial charge in [-0.15, -0.1) is 11.3 Å². The van der Waals surface area contributed by atoms with E-state index in [0.29, 0.717) is 26.2 Å². The van der Waals surface area contributed by atoms with Crippen molar-refractivity contribution in [2.75, 3.05) is 26.2 Å². The lowest BCUT2D eigenvalue weighted by atomic mass is 9.83. The molecule has 0 bridgehead atoms. The highest BCUT2D eigenvalue weighted by atomic mass is 32.1. The molecule has 0 unspecified atom stereocenters. The van der Waals surface area contributed by atoms with E-state index in [1.807, 2.05) is 70.9 Å². The molecular formula is C25H25N3O3S. The number of thiophene rings is 1. The summed E-state index contributed by atoms with van der Waals surface area (Å²) >= 11 is 1.64. The Morgan fingerprint density at radius 1 is 1.12 bits per heavy atom. The lowest BCUT2D eigenvalue weighted by molar-refractivity contribution is -0.167. The third-order valence-corrected chi connectivity index (χ3v) is 7.16. The van der Waals surface area contributed by atoms with E-state index in [1.165, 1.54) is 0 Å². The zero-order valence-corrected chi connectivity index (χ0v) is 18.5. The van der Waals surface area contributed by atoms with Crippen molar-refractivity contribution in [1.82, 2.24) is 14.8 Å². The molecule has 0 saturated carbocycles. The fourth-order valence-corrected chi connectivity index (χ4v) is 5.44. The molecule has 5 rings (SSSR count). The molecule has 1 aromatic carbocycles. The molecule has 2 aliphatic heterocycles. The van der Waals surface area contributed by atoms with Crippen LogP contribution >= 0.6 is 11.3 Å². The van der Waals surface area contributed by atoms with Crippen LogP contribution in [0.25, 0.3) is 0 Å². The van der Waals surface area contributed by atoms with E-state index in [9.17, 15) is 9.59 Å². The quantitative estimate of drug-likeness (QED) is 0.603. The Bertz CT molecular complexity index is 1070. The smallest absolute Gasteiger partial charge is 0.257 e. The van der Waals surface area contributed by atoms with Crippen molar-refractivity contribution in [1.29, 1.82) is 0 Å². The number of morpholine rings is 1. The summed E-state index contributed by atoms with van der Waals surface area (Å²) in [5.41, 5.74) is 0.736. The van der Waals surface area contributed by atoms with Crippen molar-refractivity contribution in [3.8, 4) is 0 Å². The summed E-state index contributed by atoms with van der Waals surface area (Å²) in [4.78, 5) is 36.0. The Hall–Kier alpha value is -3.03. The van der Waals surface area contributed by atoms with Crippen molar-refractivity contribution in [2.45, 2.75) is 24.5 Å². The summed E-state index contributed by atoms with van der Waals surface area (Å²) in [5, 5.41) is 2.02. The van der Waals surface area contributed by atoms with Crippen LogP contribution in [-0.2, 0) is 27.3 Å². The predicted octanol–water partition coefficient (Wildman–Crippen LogP) is 3.11. The summed E-state index contributed by atoms with van der Waals surface area (Å²) in [6.07, 6.45) is 1.91. The van der Waals surface area contributed by atoms with Crippen LogP contribution in [0.2, 0.25) is 0 Å². The molecule has 0 aliphatic carbocycles. The van der Waals surface area contributed by atoms with Gasteiger partial charge in [-0.25, -0.2) is 0 Å². The SMILES string of the molecule is O=C(Cc1ccccn1)N1CCO[C@]2(C1)C(=O)N(Cc1cccs1)C[C@@H]2c1ccccc1. The summed E-state index contributed by atoms with van der Waals surface area (Å²) in [7, 11) is 0. The van der Waals surface area contributed by atoms with E-state index >= 15 is 0 Å². The minimum Gasteiger partial charge on any atom is -0.361 e. The van der Waals surface area contributed by atoms with Crippen molar-refractivity contribution in [2.24, 2.45) is 0 Å². The summed E-state index contributed by atoms with van der Waals surface area (Å²) in [5.74, 6) is -0.195. The van der Waals surface area contributed by atoms with Gasteiger partial charge >= 0.3 is 0 Å². The van der Waals surface area contributed by atoms with Gasteiger partial charge in [0.25, 0.3) is 5.91 Å². The fourth-order valence-electron chi connectivity index (χ4n) is 4.72. The highest BCUT2D eigenvalue weighted by Gasteiger charge is 2.58. The van der Waals surface area contributed by atoms with Crippen LogP contribution in [0, 0.1) is 0 Å². The van der Waals surface area contributed by atoms with Gasteiger partial charge in [0.05, 0.1) is 26.1 Å². The number of benzene rings is 1. The highest BCUT2D eigenvalue weighted by Crippen LogP contribution is 2.42. The number of rotatable bonds is 5. The summed E-state index contributed by atoms with van der Waals surface area (Å²) in [6.45, 7) is 2.22. The highest BCUT2D eigenvalue weighted by molar-refractivity contribution is 7.09. The number of carbonyl (C=O) groups excluding carboxylic acids is 2. The number of carbonyl (C=O) groups is 2. The van der Waals surface area contributed by atoms with Crippen molar-refractivity contribution in [3.05, 3.63) is 88.4 Å². The van der Waals surface area contributed by atoms with Gasteiger partial charge in [0.15, 0.2) is 5.60 Å². The average molecular weight is 448 g/mol. The van der Waals surface area contributed by atoms with E-state index in [2.05, 4.69) is 4.98 Å². The zero-order valence-electron chi connectivity index (χ0n) is 17.7. The maximum absolute atomic E-state index is 13.8. The average Bonchev–Trinajstić information content (AvgIpc) is 3.43.